The van der Waals surface area contributed by atoms with Gasteiger partial charge in [0.1, 0.15) is 0 Å². The average molecular weight is 183 g/mol. The molecular weight excluding hydrogens is 162 g/mol. The van der Waals surface area contributed by atoms with Crippen molar-refractivity contribution in [1.82, 2.24) is 4.90 Å². The smallest absolute Gasteiger partial charge is 0.222 e. The highest BCUT2D eigenvalue weighted by molar-refractivity contribution is 5.76. The van der Waals surface area contributed by atoms with Gasteiger partial charge in [0.25, 0.3) is 0 Å². The summed E-state index contributed by atoms with van der Waals surface area (Å²) in [5, 5.41) is 0. The maximum absolute atomic E-state index is 11.7. The first-order valence-electron chi connectivity index (χ1n) is 5.44. The second-order valence-corrected chi connectivity index (χ2v) is 4.42. The molecule has 1 saturated carbocycles. The molecule has 0 heterocycles. The Morgan fingerprint density at radius 1 is 1.46 bits per heavy atom. The second-order valence-electron chi connectivity index (χ2n) is 4.42. The van der Waals surface area contributed by atoms with Crippen LogP contribution in [0.4, 0.5) is 0 Å². The third-order valence-corrected chi connectivity index (χ3v) is 2.33. The predicted molar refractivity (Wildman–Crippen MR) is 54.5 cm³/mol. The lowest BCUT2D eigenvalue weighted by Gasteiger charge is -2.24. The molecule has 0 aromatic rings. The van der Waals surface area contributed by atoms with Crippen LogP contribution in [0.3, 0.4) is 0 Å². The number of hydrogen-bond acceptors (Lipinski definition) is 1. The normalized spacial score (nSPS) is 16.3. The highest BCUT2D eigenvalue weighted by Crippen LogP contribution is 2.28. The van der Waals surface area contributed by atoms with Gasteiger partial charge in [-0.3, -0.25) is 4.79 Å². The van der Waals surface area contributed by atoms with Crippen LogP contribution in [0.5, 0.6) is 0 Å². The lowest BCUT2D eigenvalue weighted by atomic mass is 10.2. The van der Waals surface area contributed by atoms with Crippen LogP contribution in [0.2, 0.25) is 0 Å². The molecule has 0 bridgehead atoms. The minimum Gasteiger partial charge on any atom is -0.339 e. The van der Waals surface area contributed by atoms with Crippen LogP contribution in [0, 0.1) is 5.92 Å². The Morgan fingerprint density at radius 3 is 2.46 bits per heavy atom. The van der Waals surface area contributed by atoms with Crippen LogP contribution in [0.1, 0.15) is 46.5 Å². The summed E-state index contributed by atoms with van der Waals surface area (Å²) in [5.41, 5.74) is 0. The summed E-state index contributed by atoms with van der Waals surface area (Å²) in [6, 6.07) is 0.585. The fourth-order valence-corrected chi connectivity index (χ4v) is 1.59. The van der Waals surface area contributed by atoms with Gasteiger partial charge < -0.3 is 4.90 Å². The fourth-order valence-electron chi connectivity index (χ4n) is 1.59. The zero-order valence-corrected chi connectivity index (χ0v) is 9.05. The van der Waals surface area contributed by atoms with Crippen molar-refractivity contribution in [2.75, 3.05) is 6.54 Å². The molecule has 0 spiro atoms. The first-order valence-corrected chi connectivity index (χ1v) is 5.44. The Balaban J connectivity index is 2.41. The molecule has 76 valence electrons. The van der Waals surface area contributed by atoms with E-state index in [1.165, 1.54) is 12.8 Å². The van der Waals surface area contributed by atoms with Gasteiger partial charge in [0, 0.05) is 19.0 Å². The molecule has 2 nitrogen and oxygen atoms in total. The van der Waals surface area contributed by atoms with Crippen LogP contribution in [0.25, 0.3) is 0 Å². The Kier molecular flexibility index (Phi) is 3.76. The molecule has 1 aliphatic carbocycles. The SMILES string of the molecule is CCCC(=O)N(CC(C)C)C1CC1. The lowest BCUT2D eigenvalue weighted by molar-refractivity contribution is -0.132. The van der Waals surface area contributed by atoms with Crippen LogP contribution < -0.4 is 0 Å². The van der Waals surface area contributed by atoms with Gasteiger partial charge in [-0.1, -0.05) is 20.8 Å². The zero-order valence-electron chi connectivity index (χ0n) is 9.05. The number of nitrogens with zero attached hydrogens (tertiary/aromatic N) is 1. The van der Waals surface area contributed by atoms with Gasteiger partial charge in [0.2, 0.25) is 5.91 Å². The molecular formula is C11H21NO. The van der Waals surface area contributed by atoms with E-state index < -0.39 is 0 Å². The number of carbonyl (C=O) groups is 1. The molecule has 0 atom stereocenters. The van der Waals surface area contributed by atoms with Crippen molar-refractivity contribution in [3.05, 3.63) is 0 Å². The molecule has 0 saturated heterocycles. The topological polar surface area (TPSA) is 20.3 Å². The van der Waals surface area contributed by atoms with E-state index in [2.05, 4.69) is 25.7 Å². The number of amides is 1. The Morgan fingerprint density at radius 2 is 2.08 bits per heavy atom. The maximum atomic E-state index is 11.7. The van der Waals surface area contributed by atoms with Crippen molar-refractivity contribution >= 4 is 5.91 Å². The third kappa shape index (κ3) is 3.37. The van der Waals surface area contributed by atoms with Gasteiger partial charge in [0.15, 0.2) is 0 Å². The molecule has 13 heavy (non-hydrogen) atoms. The van der Waals surface area contributed by atoms with Crippen LogP contribution in [-0.4, -0.2) is 23.4 Å². The van der Waals surface area contributed by atoms with Crippen LogP contribution in [-0.2, 0) is 4.79 Å². The minimum absolute atomic E-state index is 0.360. The molecule has 0 N–H and O–H groups in total. The van der Waals surface area contributed by atoms with Gasteiger partial charge in [-0.2, -0.15) is 0 Å². The summed E-state index contributed by atoms with van der Waals surface area (Å²) in [4.78, 5) is 13.8. The van der Waals surface area contributed by atoms with Crippen molar-refractivity contribution in [1.29, 1.82) is 0 Å². The molecule has 1 aliphatic rings. The summed E-state index contributed by atoms with van der Waals surface area (Å²) in [6.45, 7) is 7.37. The zero-order chi connectivity index (χ0) is 9.84. The first-order chi connectivity index (χ1) is 6.15. The number of rotatable bonds is 5. The van der Waals surface area contributed by atoms with Crippen LogP contribution >= 0.6 is 0 Å². The minimum atomic E-state index is 0.360. The molecule has 0 unspecified atom stereocenters. The third-order valence-electron chi connectivity index (χ3n) is 2.33. The van der Waals surface area contributed by atoms with Crippen molar-refractivity contribution in [3.63, 3.8) is 0 Å². The van der Waals surface area contributed by atoms with Gasteiger partial charge in [-0.15, -0.1) is 0 Å². The molecule has 1 fully saturated rings. The van der Waals surface area contributed by atoms with Crippen molar-refractivity contribution in [3.8, 4) is 0 Å². The van der Waals surface area contributed by atoms with Crippen molar-refractivity contribution in [2.45, 2.75) is 52.5 Å². The second kappa shape index (κ2) is 4.64. The first kappa shape index (κ1) is 10.6. The van der Waals surface area contributed by atoms with Crippen molar-refractivity contribution < 1.29 is 4.79 Å². The van der Waals surface area contributed by atoms with Gasteiger partial charge in [0.05, 0.1) is 0 Å². The molecule has 0 aromatic heterocycles. The van der Waals surface area contributed by atoms with Crippen molar-refractivity contribution in [2.24, 2.45) is 5.92 Å². The summed E-state index contributed by atoms with van der Waals surface area (Å²) in [6.07, 6.45) is 4.15. The van der Waals surface area contributed by atoms with E-state index in [-0.39, 0.29) is 0 Å². The molecule has 2 heteroatoms. The molecule has 0 aromatic carbocycles. The average Bonchev–Trinajstić information content (AvgIpc) is 2.82. The monoisotopic (exact) mass is 183 g/mol. The van der Waals surface area contributed by atoms with E-state index in [4.69, 9.17) is 0 Å². The van der Waals surface area contributed by atoms with Gasteiger partial charge in [-0.05, 0) is 25.2 Å². The fraction of sp³-hybridized carbons (Fsp3) is 0.909. The molecule has 0 radical (unpaired) electrons. The number of carbonyl (C=O) groups excluding carboxylic acids is 1. The summed E-state index contributed by atoms with van der Waals surface area (Å²) < 4.78 is 0. The summed E-state index contributed by atoms with van der Waals surface area (Å²) in [7, 11) is 0. The summed E-state index contributed by atoms with van der Waals surface area (Å²) >= 11 is 0. The largest absolute Gasteiger partial charge is 0.339 e. The Hall–Kier alpha value is -0.530. The predicted octanol–water partition coefficient (Wildman–Crippen LogP) is 2.43. The Labute approximate surface area is 81.3 Å². The van der Waals surface area contributed by atoms with E-state index in [1.807, 2.05) is 0 Å². The maximum Gasteiger partial charge on any atom is 0.222 e. The number of hydrogen-bond donors (Lipinski definition) is 0. The lowest BCUT2D eigenvalue weighted by Crippen LogP contribution is -2.35. The van der Waals surface area contributed by atoms with Gasteiger partial charge in [-0.25, -0.2) is 0 Å². The highest BCUT2D eigenvalue weighted by atomic mass is 16.2. The standard InChI is InChI=1S/C11H21NO/c1-4-5-11(13)12(8-9(2)3)10-6-7-10/h9-10H,4-8H2,1-3H3. The van der Waals surface area contributed by atoms with E-state index in [0.717, 1.165) is 19.4 Å². The quantitative estimate of drug-likeness (QED) is 0.641. The van der Waals surface area contributed by atoms with Crippen LogP contribution in [0.15, 0.2) is 0 Å². The Bertz CT molecular complexity index is 173. The van der Waals surface area contributed by atoms with Gasteiger partial charge >= 0.3 is 0 Å². The highest BCUT2D eigenvalue weighted by Gasteiger charge is 2.31. The van der Waals surface area contributed by atoms with E-state index in [9.17, 15) is 4.79 Å². The van der Waals surface area contributed by atoms with E-state index >= 15 is 0 Å². The molecule has 0 aliphatic heterocycles. The molecule has 1 amide bonds. The molecule has 1 rings (SSSR count). The van der Waals surface area contributed by atoms with E-state index in [0.29, 0.717) is 17.9 Å². The van der Waals surface area contributed by atoms with E-state index in [1.54, 1.807) is 0 Å². The summed E-state index contributed by atoms with van der Waals surface area (Å²) in [5.74, 6) is 0.958.